The van der Waals surface area contributed by atoms with Crippen molar-refractivity contribution in [1.82, 2.24) is 9.78 Å². The Kier molecular flexibility index (Phi) is 4.12. The van der Waals surface area contributed by atoms with Gasteiger partial charge in [-0.3, -0.25) is 4.79 Å². The van der Waals surface area contributed by atoms with E-state index in [-0.39, 0.29) is 10.9 Å². The second-order valence-corrected chi connectivity index (χ2v) is 5.38. The lowest BCUT2D eigenvalue weighted by Crippen LogP contribution is -2.13. The molecule has 3 aromatic rings. The van der Waals surface area contributed by atoms with Gasteiger partial charge in [-0.25, -0.2) is 9.07 Å². The third kappa shape index (κ3) is 3.10. The average molecular weight is 330 g/mol. The van der Waals surface area contributed by atoms with Gasteiger partial charge in [0.2, 0.25) is 0 Å². The highest BCUT2D eigenvalue weighted by molar-refractivity contribution is 6.31. The summed E-state index contributed by atoms with van der Waals surface area (Å²) in [4.78, 5) is 12.4. The fourth-order valence-corrected chi connectivity index (χ4v) is 2.41. The maximum absolute atomic E-state index is 13.2. The number of anilines is 1. The largest absolute Gasteiger partial charge is 0.322 e. The molecule has 116 valence electrons. The molecule has 1 N–H and O–H groups in total. The van der Waals surface area contributed by atoms with Crippen molar-refractivity contribution >= 4 is 23.2 Å². The minimum Gasteiger partial charge on any atom is -0.322 e. The summed E-state index contributed by atoms with van der Waals surface area (Å²) >= 11 is 5.72. The van der Waals surface area contributed by atoms with Crippen LogP contribution in [0, 0.1) is 12.7 Å². The molecule has 23 heavy (non-hydrogen) atoms. The number of para-hydroxylation sites is 1. The third-order valence-electron chi connectivity index (χ3n) is 3.43. The Morgan fingerprint density at radius 2 is 1.96 bits per heavy atom. The molecule has 0 saturated carbocycles. The van der Waals surface area contributed by atoms with Crippen LogP contribution in [0.4, 0.5) is 10.1 Å². The SMILES string of the molecule is Cc1c(C(=O)Nc2ccc(F)c(Cl)c2)cnn1-c1ccccc1. The van der Waals surface area contributed by atoms with Crippen LogP contribution >= 0.6 is 11.6 Å². The van der Waals surface area contributed by atoms with Crippen molar-refractivity contribution in [2.24, 2.45) is 0 Å². The summed E-state index contributed by atoms with van der Waals surface area (Å²) in [5.74, 6) is -0.856. The summed E-state index contributed by atoms with van der Waals surface area (Å²) in [5, 5.41) is 6.90. The van der Waals surface area contributed by atoms with Gasteiger partial charge >= 0.3 is 0 Å². The number of benzene rings is 2. The van der Waals surface area contributed by atoms with Crippen LogP contribution in [0.1, 0.15) is 16.1 Å². The first kappa shape index (κ1) is 15.2. The summed E-state index contributed by atoms with van der Waals surface area (Å²) in [6, 6.07) is 13.5. The van der Waals surface area contributed by atoms with Gasteiger partial charge in [-0.2, -0.15) is 5.10 Å². The zero-order valence-corrected chi connectivity index (χ0v) is 13.0. The number of rotatable bonds is 3. The number of carbonyl (C=O) groups excluding carboxylic acids is 1. The Balaban J connectivity index is 1.86. The fraction of sp³-hybridized carbons (Fsp3) is 0.0588. The molecule has 0 bridgehead atoms. The lowest BCUT2D eigenvalue weighted by Gasteiger charge is -2.07. The summed E-state index contributed by atoms with van der Waals surface area (Å²) in [6.45, 7) is 1.81. The molecule has 2 aromatic carbocycles. The molecule has 0 radical (unpaired) electrons. The van der Waals surface area contributed by atoms with E-state index in [2.05, 4.69) is 10.4 Å². The molecular weight excluding hydrogens is 317 g/mol. The minimum atomic E-state index is -0.530. The molecule has 0 atom stereocenters. The molecule has 1 amide bonds. The molecule has 0 aliphatic heterocycles. The topological polar surface area (TPSA) is 46.9 Å². The van der Waals surface area contributed by atoms with Crippen molar-refractivity contribution in [2.45, 2.75) is 6.92 Å². The van der Waals surface area contributed by atoms with Crippen molar-refractivity contribution in [2.75, 3.05) is 5.32 Å². The van der Waals surface area contributed by atoms with Crippen LogP contribution in [-0.2, 0) is 0 Å². The maximum Gasteiger partial charge on any atom is 0.259 e. The van der Waals surface area contributed by atoms with Gasteiger partial charge < -0.3 is 5.32 Å². The molecule has 0 saturated heterocycles. The van der Waals surface area contributed by atoms with E-state index in [1.807, 2.05) is 37.3 Å². The molecule has 0 spiro atoms. The second-order valence-electron chi connectivity index (χ2n) is 4.97. The standard InChI is InChI=1S/C17H13ClFN3O/c1-11-14(10-20-22(11)13-5-3-2-4-6-13)17(23)21-12-7-8-16(19)15(18)9-12/h2-10H,1H3,(H,21,23). The molecule has 0 unspecified atom stereocenters. The number of carbonyl (C=O) groups is 1. The molecule has 3 rings (SSSR count). The normalized spacial score (nSPS) is 10.6. The monoisotopic (exact) mass is 329 g/mol. The highest BCUT2D eigenvalue weighted by Gasteiger charge is 2.15. The highest BCUT2D eigenvalue weighted by atomic mass is 35.5. The van der Waals surface area contributed by atoms with Crippen LogP contribution in [0.3, 0.4) is 0 Å². The van der Waals surface area contributed by atoms with Crippen LogP contribution in [0.2, 0.25) is 5.02 Å². The number of halogens is 2. The quantitative estimate of drug-likeness (QED) is 0.781. The van der Waals surface area contributed by atoms with Gasteiger partial charge in [0.15, 0.2) is 0 Å². The van der Waals surface area contributed by atoms with Crippen molar-refractivity contribution in [3.05, 3.63) is 76.8 Å². The zero-order valence-electron chi connectivity index (χ0n) is 12.3. The number of aromatic nitrogens is 2. The van der Waals surface area contributed by atoms with E-state index in [4.69, 9.17) is 11.6 Å². The number of nitrogens with zero attached hydrogens (tertiary/aromatic N) is 2. The predicted molar refractivity (Wildman–Crippen MR) is 87.7 cm³/mol. The van der Waals surface area contributed by atoms with E-state index < -0.39 is 5.82 Å². The van der Waals surface area contributed by atoms with Crippen LogP contribution in [0.25, 0.3) is 5.69 Å². The van der Waals surface area contributed by atoms with Crippen LogP contribution in [-0.4, -0.2) is 15.7 Å². The third-order valence-corrected chi connectivity index (χ3v) is 3.72. The van der Waals surface area contributed by atoms with Gasteiger partial charge in [-0.1, -0.05) is 29.8 Å². The Hall–Kier alpha value is -2.66. The van der Waals surface area contributed by atoms with E-state index in [1.165, 1.54) is 24.4 Å². The molecule has 1 aromatic heterocycles. The Bertz CT molecular complexity index is 862. The Morgan fingerprint density at radius 3 is 2.65 bits per heavy atom. The first-order valence-electron chi connectivity index (χ1n) is 6.92. The zero-order chi connectivity index (χ0) is 16.4. The number of amides is 1. The van der Waals surface area contributed by atoms with Crippen LogP contribution in [0.15, 0.2) is 54.7 Å². The Morgan fingerprint density at radius 1 is 1.22 bits per heavy atom. The smallest absolute Gasteiger partial charge is 0.259 e. The molecule has 0 aliphatic rings. The molecule has 0 fully saturated rings. The molecule has 4 nitrogen and oxygen atoms in total. The molecule has 1 heterocycles. The maximum atomic E-state index is 13.2. The van der Waals surface area contributed by atoms with Gasteiger partial charge in [0.25, 0.3) is 5.91 Å². The van der Waals surface area contributed by atoms with E-state index in [0.717, 1.165) is 5.69 Å². The minimum absolute atomic E-state index is 0.0421. The van der Waals surface area contributed by atoms with Crippen molar-refractivity contribution < 1.29 is 9.18 Å². The highest BCUT2D eigenvalue weighted by Crippen LogP contribution is 2.21. The van der Waals surface area contributed by atoms with Crippen molar-refractivity contribution in [3.8, 4) is 5.69 Å². The Labute approximate surface area is 137 Å². The summed E-state index contributed by atoms with van der Waals surface area (Å²) < 4.78 is 14.8. The molecular formula is C17H13ClFN3O. The number of nitrogens with one attached hydrogen (secondary N) is 1. The summed E-state index contributed by atoms with van der Waals surface area (Å²) in [7, 11) is 0. The van der Waals surface area contributed by atoms with Crippen molar-refractivity contribution in [3.63, 3.8) is 0 Å². The molecule has 6 heteroatoms. The second kappa shape index (κ2) is 6.22. The summed E-state index contributed by atoms with van der Waals surface area (Å²) in [5.41, 5.74) is 2.44. The summed E-state index contributed by atoms with van der Waals surface area (Å²) in [6.07, 6.45) is 1.50. The number of hydrogen-bond acceptors (Lipinski definition) is 2. The van der Waals surface area contributed by atoms with E-state index in [0.29, 0.717) is 16.9 Å². The fourth-order valence-electron chi connectivity index (χ4n) is 2.23. The van der Waals surface area contributed by atoms with Gasteiger partial charge in [-0.15, -0.1) is 0 Å². The lowest BCUT2D eigenvalue weighted by atomic mass is 10.2. The van der Waals surface area contributed by atoms with Crippen LogP contribution in [0.5, 0.6) is 0 Å². The predicted octanol–water partition coefficient (Wildman–Crippen LogP) is 4.23. The van der Waals surface area contributed by atoms with E-state index in [1.54, 1.807) is 4.68 Å². The van der Waals surface area contributed by atoms with Gasteiger partial charge in [-0.05, 0) is 37.3 Å². The van der Waals surface area contributed by atoms with Crippen LogP contribution < -0.4 is 5.32 Å². The molecule has 0 aliphatic carbocycles. The average Bonchev–Trinajstić information content (AvgIpc) is 2.93. The van der Waals surface area contributed by atoms with Crippen molar-refractivity contribution in [1.29, 1.82) is 0 Å². The van der Waals surface area contributed by atoms with E-state index >= 15 is 0 Å². The van der Waals surface area contributed by atoms with Gasteiger partial charge in [0.1, 0.15) is 5.82 Å². The lowest BCUT2D eigenvalue weighted by molar-refractivity contribution is 0.102. The van der Waals surface area contributed by atoms with Gasteiger partial charge in [0.05, 0.1) is 28.2 Å². The van der Waals surface area contributed by atoms with E-state index in [9.17, 15) is 9.18 Å². The first-order chi connectivity index (χ1) is 11.1. The number of hydrogen-bond donors (Lipinski definition) is 1. The van der Waals surface area contributed by atoms with Gasteiger partial charge in [0, 0.05) is 5.69 Å². The first-order valence-corrected chi connectivity index (χ1v) is 7.30.